The lowest BCUT2D eigenvalue weighted by Gasteiger charge is -2.40. The first-order chi connectivity index (χ1) is 17.0. The Morgan fingerprint density at radius 3 is 2.63 bits per heavy atom. The van der Waals surface area contributed by atoms with Crippen LogP contribution in [0.15, 0.2) is 36.7 Å². The quantitative estimate of drug-likeness (QED) is 0.650. The molecule has 2 amide bonds. The Morgan fingerprint density at radius 1 is 1.11 bits per heavy atom. The normalized spacial score (nSPS) is 24.7. The predicted molar refractivity (Wildman–Crippen MR) is 131 cm³/mol. The fourth-order valence-corrected chi connectivity index (χ4v) is 5.36. The molecule has 1 aromatic carbocycles. The minimum atomic E-state index is -0.545. The Hall–Kier alpha value is -3.24. The second-order valence-corrected chi connectivity index (χ2v) is 9.62. The standard InChI is InChI=1S/C25H33N7O3/c1-2-30-11-13-31(14-12-30)16-21(33)32-10-7-25(17-32)15-19(18-5-3-4-6-20(18)35-25)29-24(34)22-23(26)28-9-8-27-22/h3-6,8-9,19H,2,7,10-17H2,1H3,(H2,26,28)(H,29,34). The van der Waals surface area contributed by atoms with Crippen LogP contribution < -0.4 is 15.8 Å². The molecular weight excluding hydrogens is 446 g/mol. The first-order valence-corrected chi connectivity index (χ1v) is 12.3. The second kappa shape index (κ2) is 9.79. The number of aromatic nitrogens is 2. The van der Waals surface area contributed by atoms with Gasteiger partial charge in [-0.25, -0.2) is 9.97 Å². The molecular formula is C25H33N7O3. The highest BCUT2D eigenvalue weighted by atomic mass is 16.5. The molecule has 35 heavy (non-hydrogen) atoms. The summed E-state index contributed by atoms with van der Waals surface area (Å²) in [5, 5.41) is 3.08. The summed E-state index contributed by atoms with van der Waals surface area (Å²) < 4.78 is 6.50. The predicted octanol–water partition coefficient (Wildman–Crippen LogP) is 0.921. The third-order valence-electron chi connectivity index (χ3n) is 7.38. The zero-order chi connectivity index (χ0) is 24.4. The fraction of sp³-hybridized carbons (Fsp3) is 0.520. The zero-order valence-corrected chi connectivity index (χ0v) is 20.2. The van der Waals surface area contributed by atoms with Crippen molar-refractivity contribution in [2.45, 2.75) is 31.4 Å². The first kappa shape index (κ1) is 23.5. The summed E-state index contributed by atoms with van der Waals surface area (Å²) in [4.78, 5) is 40.7. The molecule has 10 nitrogen and oxygen atoms in total. The van der Waals surface area contributed by atoms with Gasteiger partial charge < -0.3 is 25.6 Å². The average molecular weight is 480 g/mol. The Labute approximate surface area is 205 Å². The van der Waals surface area contributed by atoms with Crippen molar-refractivity contribution in [3.05, 3.63) is 47.9 Å². The number of nitrogen functional groups attached to an aromatic ring is 1. The van der Waals surface area contributed by atoms with Gasteiger partial charge in [-0.15, -0.1) is 0 Å². The number of carbonyl (C=O) groups is 2. The minimum Gasteiger partial charge on any atom is -0.485 e. The van der Waals surface area contributed by atoms with E-state index >= 15 is 0 Å². The molecule has 2 saturated heterocycles. The number of nitrogens with one attached hydrogen (secondary N) is 1. The number of ether oxygens (including phenoxy) is 1. The molecule has 186 valence electrons. The number of rotatable bonds is 5. The van der Waals surface area contributed by atoms with E-state index in [0.29, 0.717) is 26.1 Å². The Morgan fingerprint density at radius 2 is 1.86 bits per heavy atom. The Bertz CT molecular complexity index is 1090. The van der Waals surface area contributed by atoms with Crippen molar-refractivity contribution in [2.75, 3.05) is 58.1 Å². The van der Waals surface area contributed by atoms with E-state index in [-0.39, 0.29) is 29.4 Å². The summed E-state index contributed by atoms with van der Waals surface area (Å²) in [7, 11) is 0. The van der Waals surface area contributed by atoms with Crippen LogP contribution >= 0.6 is 0 Å². The lowest BCUT2D eigenvalue weighted by atomic mass is 9.86. The van der Waals surface area contributed by atoms with Crippen LogP contribution in [-0.4, -0.2) is 94.4 Å². The van der Waals surface area contributed by atoms with E-state index in [1.807, 2.05) is 29.2 Å². The summed E-state index contributed by atoms with van der Waals surface area (Å²) in [5.74, 6) is 0.602. The van der Waals surface area contributed by atoms with E-state index < -0.39 is 5.60 Å². The largest absolute Gasteiger partial charge is 0.485 e. The van der Waals surface area contributed by atoms with Crippen LogP contribution in [0.25, 0.3) is 0 Å². The number of hydrogen-bond acceptors (Lipinski definition) is 8. The van der Waals surface area contributed by atoms with Gasteiger partial charge in [0.25, 0.3) is 5.91 Å². The molecule has 3 N–H and O–H groups in total. The van der Waals surface area contributed by atoms with Crippen molar-refractivity contribution < 1.29 is 14.3 Å². The maximum atomic E-state index is 13.1. The molecule has 10 heteroatoms. The number of nitrogens with two attached hydrogens (primary N) is 1. The minimum absolute atomic E-state index is 0.0949. The smallest absolute Gasteiger partial charge is 0.274 e. The van der Waals surface area contributed by atoms with Gasteiger partial charge in [0.2, 0.25) is 5.91 Å². The van der Waals surface area contributed by atoms with Crippen molar-refractivity contribution >= 4 is 17.6 Å². The van der Waals surface area contributed by atoms with Crippen LogP contribution in [0.2, 0.25) is 0 Å². The van der Waals surface area contributed by atoms with Gasteiger partial charge in [-0.3, -0.25) is 14.5 Å². The Kier molecular flexibility index (Phi) is 6.57. The van der Waals surface area contributed by atoms with Crippen molar-refractivity contribution in [1.82, 2.24) is 30.0 Å². The van der Waals surface area contributed by atoms with E-state index in [9.17, 15) is 9.59 Å². The van der Waals surface area contributed by atoms with Gasteiger partial charge in [0.05, 0.1) is 19.1 Å². The van der Waals surface area contributed by atoms with Gasteiger partial charge in [-0.1, -0.05) is 25.1 Å². The number of amides is 2. The van der Waals surface area contributed by atoms with Gasteiger partial charge in [0.1, 0.15) is 11.4 Å². The molecule has 2 aromatic rings. The highest BCUT2D eigenvalue weighted by Gasteiger charge is 2.47. The van der Waals surface area contributed by atoms with Crippen molar-refractivity contribution in [3.63, 3.8) is 0 Å². The topological polar surface area (TPSA) is 117 Å². The van der Waals surface area contributed by atoms with E-state index in [0.717, 1.165) is 50.5 Å². The van der Waals surface area contributed by atoms with Crippen LogP contribution in [0.3, 0.4) is 0 Å². The van der Waals surface area contributed by atoms with Crippen LogP contribution in [0.4, 0.5) is 5.82 Å². The number of benzene rings is 1. The zero-order valence-electron chi connectivity index (χ0n) is 20.2. The molecule has 2 atom stereocenters. The number of fused-ring (bicyclic) bond motifs is 1. The molecule has 0 aliphatic carbocycles. The summed E-state index contributed by atoms with van der Waals surface area (Å²) >= 11 is 0. The van der Waals surface area contributed by atoms with Crippen LogP contribution in [0.5, 0.6) is 5.75 Å². The van der Waals surface area contributed by atoms with E-state index in [1.54, 1.807) is 0 Å². The van der Waals surface area contributed by atoms with E-state index in [2.05, 4.69) is 32.0 Å². The van der Waals surface area contributed by atoms with Gasteiger partial charge >= 0.3 is 0 Å². The molecule has 5 rings (SSSR count). The van der Waals surface area contributed by atoms with Crippen LogP contribution in [0.1, 0.15) is 41.9 Å². The fourth-order valence-electron chi connectivity index (χ4n) is 5.36. The first-order valence-electron chi connectivity index (χ1n) is 12.3. The molecule has 1 aromatic heterocycles. The number of likely N-dealkylation sites (tertiary alicyclic amines) is 1. The number of carbonyl (C=O) groups excluding carboxylic acids is 2. The maximum absolute atomic E-state index is 13.1. The van der Waals surface area contributed by atoms with Gasteiger partial charge in [-0.05, 0) is 12.6 Å². The molecule has 1 spiro atoms. The van der Waals surface area contributed by atoms with Gasteiger partial charge in [-0.2, -0.15) is 0 Å². The van der Waals surface area contributed by atoms with Gasteiger partial charge in [0.15, 0.2) is 11.5 Å². The monoisotopic (exact) mass is 479 g/mol. The SMILES string of the molecule is CCN1CCN(CC(=O)N2CCC3(CC(NC(=O)c4nccnc4N)c4ccccc4O3)C2)CC1. The molecule has 3 aliphatic rings. The van der Waals surface area contributed by atoms with Crippen LogP contribution in [-0.2, 0) is 4.79 Å². The average Bonchev–Trinajstić information content (AvgIpc) is 3.27. The molecule has 0 bridgehead atoms. The Balaban J connectivity index is 1.28. The number of anilines is 1. The number of hydrogen-bond donors (Lipinski definition) is 2. The third-order valence-corrected chi connectivity index (χ3v) is 7.38. The van der Waals surface area contributed by atoms with Crippen LogP contribution in [0, 0.1) is 0 Å². The highest BCUT2D eigenvalue weighted by molar-refractivity contribution is 5.96. The number of nitrogens with zero attached hydrogens (tertiary/aromatic N) is 5. The summed E-state index contributed by atoms with van der Waals surface area (Å²) in [6.45, 7) is 8.67. The third kappa shape index (κ3) is 4.94. The number of likely N-dealkylation sites (N-methyl/N-ethyl adjacent to an activating group) is 1. The summed E-state index contributed by atoms with van der Waals surface area (Å²) in [6.07, 6.45) is 4.19. The molecule has 0 radical (unpaired) electrons. The van der Waals surface area contributed by atoms with Crippen molar-refractivity contribution in [2.24, 2.45) is 0 Å². The van der Waals surface area contributed by atoms with E-state index in [4.69, 9.17) is 10.5 Å². The summed E-state index contributed by atoms with van der Waals surface area (Å²) in [5.41, 5.74) is 6.34. The van der Waals surface area contributed by atoms with Gasteiger partial charge in [0, 0.05) is 63.5 Å². The maximum Gasteiger partial charge on any atom is 0.274 e. The molecule has 3 aliphatic heterocycles. The lowest BCUT2D eigenvalue weighted by Crippen LogP contribution is -2.51. The number of piperazine rings is 1. The number of para-hydroxylation sites is 1. The lowest BCUT2D eigenvalue weighted by molar-refractivity contribution is -0.132. The molecule has 4 heterocycles. The molecule has 0 saturated carbocycles. The molecule has 2 unspecified atom stereocenters. The highest BCUT2D eigenvalue weighted by Crippen LogP contribution is 2.43. The van der Waals surface area contributed by atoms with E-state index in [1.165, 1.54) is 12.4 Å². The molecule has 2 fully saturated rings. The summed E-state index contributed by atoms with van der Waals surface area (Å²) in [6, 6.07) is 7.44. The van der Waals surface area contributed by atoms with Crippen molar-refractivity contribution in [1.29, 1.82) is 0 Å². The van der Waals surface area contributed by atoms with Crippen molar-refractivity contribution in [3.8, 4) is 5.75 Å². The second-order valence-electron chi connectivity index (χ2n) is 9.62.